The summed E-state index contributed by atoms with van der Waals surface area (Å²) in [6.07, 6.45) is -2.50. The quantitative estimate of drug-likeness (QED) is 0.190. The fourth-order valence-corrected chi connectivity index (χ4v) is 5.74. The van der Waals surface area contributed by atoms with Crippen molar-refractivity contribution in [3.05, 3.63) is 62.0 Å². The number of phenols is 2. The normalized spacial score (nSPS) is 27.6. The minimum atomic E-state index is -1.98. The predicted molar refractivity (Wildman–Crippen MR) is 134 cm³/mol. The summed E-state index contributed by atoms with van der Waals surface area (Å²) in [7, 11) is 1.34. The Hall–Kier alpha value is -3.96. The number of Topliss-reactive ketones (excluding diaryl/α,β-unsaturated/α-hetero) is 1. The van der Waals surface area contributed by atoms with Gasteiger partial charge in [0.2, 0.25) is 5.78 Å². The molecule has 0 aromatic heterocycles. The third-order valence-corrected chi connectivity index (χ3v) is 7.85. The molecule has 3 unspecified atom stereocenters. The van der Waals surface area contributed by atoms with Gasteiger partial charge in [0.15, 0.2) is 17.9 Å². The first-order valence-corrected chi connectivity index (χ1v) is 12.5. The number of phenolic OH excluding ortho intramolecular Hbond substituents is 2. The number of aliphatic hydroxyl groups is 1. The van der Waals surface area contributed by atoms with Crippen LogP contribution in [0.1, 0.15) is 82.2 Å². The van der Waals surface area contributed by atoms with Crippen LogP contribution in [0.25, 0.3) is 10.4 Å². The highest BCUT2D eigenvalue weighted by Gasteiger charge is 2.49. The molecule has 2 aliphatic carbocycles. The van der Waals surface area contributed by atoms with Crippen LogP contribution in [-0.4, -0.2) is 63.8 Å². The maximum Gasteiger partial charge on any atom is 0.202 e. The first-order valence-electron chi connectivity index (χ1n) is 12.5. The zero-order valence-electron chi connectivity index (χ0n) is 21.5. The van der Waals surface area contributed by atoms with Crippen molar-refractivity contribution in [3.63, 3.8) is 0 Å². The predicted octanol–water partition coefficient (Wildman–Crippen LogP) is 3.41. The molecular weight excluding hydrogens is 510 g/mol. The highest BCUT2D eigenvalue weighted by atomic mass is 16.7. The average molecular weight is 538 g/mol. The molecule has 204 valence electrons. The van der Waals surface area contributed by atoms with Gasteiger partial charge in [0.05, 0.1) is 42.0 Å². The molecule has 0 bridgehead atoms. The fourth-order valence-electron chi connectivity index (χ4n) is 5.74. The van der Waals surface area contributed by atoms with Crippen LogP contribution in [0.4, 0.5) is 0 Å². The van der Waals surface area contributed by atoms with Crippen molar-refractivity contribution in [3.8, 4) is 17.2 Å². The molecule has 1 fully saturated rings. The van der Waals surface area contributed by atoms with E-state index in [1.54, 1.807) is 6.92 Å². The Labute approximate surface area is 222 Å². The molecule has 2 aromatic carbocycles. The van der Waals surface area contributed by atoms with Gasteiger partial charge in [-0.05, 0) is 38.3 Å². The van der Waals surface area contributed by atoms with Crippen molar-refractivity contribution in [2.24, 2.45) is 5.11 Å². The Morgan fingerprint density at radius 2 is 1.87 bits per heavy atom. The number of nitrogens with zero attached hydrogens (tertiary/aromatic N) is 3. The molecule has 0 amide bonds. The van der Waals surface area contributed by atoms with Gasteiger partial charge >= 0.3 is 0 Å². The maximum absolute atomic E-state index is 13.7. The Balaban J connectivity index is 1.64. The van der Waals surface area contributed by atoms with E-state index in [0.717, 1.165) is 0 Å². The molecule has 3 aliphatic rings. The van der Waals surface area contributed by atoms with Crippen LogP contribution in [0.2, 0.25) is 0 Å². The number of hydrogen-bond acceptors (Lipinski definition) is 10. The van der Waals surface area contributed by atoms with Crippen LogP contribution in [0.15, 0.2) is 23.3 Å². The standard InChI is InChI=1S/C27H27N3O9/c1-11-15(29-30-28)7-8-18(38-11)39-17-10-27(36,12(2)31)9-14-20(17)26(35)22-21(24(14)33)23(32)13-5-4-6-16(37-3)19(13)25(22)34/h4-6,11,15,17-18,33,35-36H,7-10H2,1-3H3/t11?,15?,17-,18?,27-/m0/s1. The largest absolute Gasteiger partial charge is 0.507 e. The first kappa shape index (κ1) is 26.6. The van der Waals surface area contributed by atoms with Crippen molar-refractivity contribution in [1.29, 1.82) is 0 Å². The summed E-state index contributed by atoms with van der Waals surface area (Å²) in [5, 5.41) is 37.8. The summed E-state index contributed by atoms with van der Waals surface area (Å²) in [4.78, 5) is 42.5. The van der Waals surface area contributed by atoms with Gasteiger partial charge in [0, 0.05) is 34.4 Å². The topological polar surface area (TPSA) is 188 Å². The molecule has 12 nitrogen and oxygen atoms in total. The van der Waals surface area contributed by atoms with Crippen molar-refractivity contribution in [1.82, 2.24) is 0 Å². The van der Waals surface area contributed by atoms with Gasteiger partial charge in [-0.15, -0.1) is 0 Å². The molecule has 5 atom stereocenters. The second-order valence-electron chi connectivity index (χ2n) is 10.1. The minimum Gasteiger partial charge on any atom is -0.507 e. The average Bonchev–Trinajstić information content (AvgIpc) is 2.90. The lowest BCUT2D eigenvalue weighted by atomic mass is 9.72. The third-order valence-electron chi connectivity index (χ3n) is 7.85. The van der Waals surface area contributed by atoms with E-state index in [4.69, 9.17) is 19.7 Å². The van der Waals surface area contributed by atoms with Crippen LogP contribution in [-0.2, 0) is 20.7 Å². The number of carbonyl (C=O) groups excluding carboxylic acids is 3. The molecule has 39 heavy (non-hydrogen) atoms. The molecule has 3 N–H and O–H groups in total. The lowest BCUT2D eigenvalue weighted by molar-refractivity contribution is -0.226. The van der Waals surface area contributed by atoms with Crippen LogP contribution in [0.5, 0.6) is 17.2 Å². The van der Waals surface area contributed by atoms with E-state index in [1.807, 2.05) is 0 Å². The van der Waals surface area contributed by atoms with E-state index in [0.29, 0.717) is 12.8 Å². The van der Waals surface area contributed by atoms with Crippen molar-refractivity contribution >= 4 is 17.3 Å². The summed E-state index contributed by atoms with van der Waals surface area (Å²) < 4.78 is 17.3. The number of hydrogen-bond donors (Lipinski definition) is 3. The zero-order chi connectivity index (χ0) is 28.2. The monoisotopic (exact) mass is 537 g/mol. The van der Waals surface area contributed by atoms with Crippen LogP contribution in [0.3, 0.4) is 0 Å². The number of benzene rings is 2. The molecule has 0 saturated carbocycles. The molecule has 2 aromatic rings. The second-order valence-corrected chi connectivity index (χ2v) is 10.1. The van der Waals surface area contributed by atoms with Crippen molar-refractivity contribution in [2.45, 2.75) is 69.7 Å². The van der Waals surface area contributed by atoms with Crippen LogP contribution >= 0.6 is 0 Å². The van der Waals surface area contributed by atoms with E-state index in [-0.39, 0.29) is 34.4 Å². The van der Waals surface area contributed by atoms with Gasteiger partial charge in [0.25, 0.3) is 0 Å². The third kappa shape index (κ3) is 4.12. The van der Waals surface area contributed by atoms with E-state index < -0.39 is 76.5 Å². The number of ketones is 3. The summed E-state index contributed by atoms with van der Waals surface area (Å²) in [5.74, 6) is -3.10. The lowest BCUT2D eigenvalue weighted by Crippen LogP contribution is -2.46. The molecule has 5 rings (SSSR count). The van der Waals surface area contributed by atoms with Crippen LogP contribution < -0.4 is 4.74 Å². The number of carbonyl (C=O) groups is 3. The van der Waals surface area contributed by atoms with E-state index in [1.165, 1.54) is 32.2 Å². The number of fused-ring (bicyclic) bond motifs is 3. The zero-order valence-corrected chi connectivity index (χ0v) is 21.5. The minimum absolute atomic E-state index is 0.00823. The summed E-state index contributed by atoms with van der Waals surface area (Å²) in [6.45, 7) is 2.91. The number of ether oxygens (including phenoxy) is 3. The van der Waals surface area contributed by atoms with Gasteiger partial charge in [-0.2, -0.15) is 0 Å². The highest BCUT2D eigenvalue weighted by Crippen LogP contribution is 2.52. The van der Waals surface area contributed by atoms with Crippen molar-refractivity contribution in [2.75, 3.05) is 7.11 Å². The molecule has 0 spiro atoms. The highest BCUT2D eigenvalue weighted by molar-refractivity contribution is 6.31. The van der Waals surface area contributed by atoms with Gasteiger partial charge in [-0.25, -0.2) is 0 Å². The second kappa shape index (κ2) is 9.65. The smallest absolute Gasteiger partial charge is 0.202 e. The van der Waals surface area contributed by atoms with E-state index in [9.17, 15) is 29.7 Å². The Morgan fingerprint density at radius 1 is 1.15 bits per heavy atom. The fraction of sp³-hybridized carbons (Fsp3) is 0.444. The number of methoxy groups -OCH3 is 1. The Morgan fingerprint density at radius 3 is 2.51 bits per heavy atom. The van der Waals surface area contributed by atoms with E-state index >= 15 is 0 Å². The maximum atomic E-state index is 13.7. The molecule has 1 heterocycles. The van der Waals surface area contributed by atoms with Gasteiger partial charge in [-0.1, -0.05) is 17.2 Å². The molecule has 0 radical (unpaired) electrons. The van der Waals surface area contributed by atoms with E-state index in [2.05, 4.69) is 10.0 Å². The molecule has 1 saturated heterocycles. The number of rotatable bonds is 5. The Kier molecular flexibility index (Phi) is 6.59. The number of aromatic hydroxyl groups is 2. The molecular formula is C27H27N3O9. The first-order chi connectivity index (χ1) is 18.5. The van der Waals surface area contributed by atoms with Gasteiger partial charge in [-0.3, -0.25) is 14.4 Å². The van der Waals surface area contributed by atoms with Gasteiger partial charge < -0.3 is 29.5 Å². The Bertz CT molecular complexity index is 1470. The molecule has 1 aliphatic heterocycles. The molecule has 12 heteroatoms. The van der Waals surface area contributed by atoms with Crippen LogP contribution in [0, 0.1) is 0 Å². The number of azide groups is 1. The SMILES string of the molecule is COc1cccc2c1C(=O)c1c(O)c3c(c(O)c1C2=O)C[C@@](O)(C(C)=O)C[C@@H]3OC1CCC(N=[N+]=[N-])C(C)O1. The van der Waals surface area contributed by atoms with Gasteiger partial charge in [0.1, 0.15) is 22.8 Å². The summed E-state index contributed by atoms with van der Waals surface area (Å²) >= 11 is 0. The summed E-state index contributed by atoms with van der Waals surface area (Å²) in [5.41, 5.74) is 5.84. The van der Waals surface area contributed by atoms with Crippen molar-refractivity contribution < 1.29 is 43.9 Å². The lowest BCUT2D eigenvalue weighted by Gasteiger charge is -2.41. The summed E-state index contributed by atoms with van der Waals surface area (Å²) in [6, 6.07) is 4.04.